The molecule has 0 radical (unpaired) electrons. The van der Waals surface area contributed by atoms with Crippen molar-refractivity contribution < 1.29 is 4.42 Å². The number of likely N-dealkylation sites (tertiary alicyclic amines) is 1. The van der Waals surface area contributed by atoms with Crippen LogP contribution in [0.15, 0.2) is 16.7 Å². The van der Waals surface area contributed by atoms with Gasteiger partial charge in [-0.3, -0.25) is 4.90 Å². The number of hydrogen-bond donors (Lipinski definition) is 1. The lowest BCUT2D eigenvalue weighted by molar-refractivity contribution is 0.165. The van der Waals surface area contributed by atoms with Crippen molar-refractivity contribution in [1.82, 2.24) is 10.2 Å². The van der Waals surface area contributed by atoms with E-state index in [0.717, 1.165) is 31.6 Å². The minimum atomic E-state index is 0.824. The molecule has 1 N–H and O–H groups in total. The molecule has 1 saturated heterocycles. The minimum Gasteiger partial charge on any atom is -0.468 e. The highest BCUT2D eigenvalue weighted by Gasteiger charge is 2.35. The second kappa shape index (κ2) is 6.77. The van der Waals surface area contributed by atoms with Gasteiger partial charge in [0.05, 0.1) is 12.8 Å². The van der Waals surface area contributed by atoms with Crippen molar-refractivity contribution in [2.24, 2.45) is 5.92 Å². The highest BCUT2D eigenvalue weighted by molar-refractivity contribution is 5.17. The number of fused-ring (bicyclic) bond motifs is 1. The zero-order chi connectivity index (χ0) is 13.8. The maximum atomic E-state index is 5.76. The lowest BCUT2D eigenvalue weighted by Gasteiger charge is -2.31. The summed E-state index contributed by atoms with van der Waals surface area (Å²) in [6, 6.07) is 2.96. The van der Waals surface area contributed by atoms with Crippen LogP contribution in [0.3, 0.4) is 0 Å². The van der Waals surface area contributed by atoms with Crippen LogP contribution in [0.5, 0.6) is 0 Å². The Labute approximate surface area is 122 Å². The van der Waals surface area contributed by atoms with Crippen LogP contribution in [0.2, 0.25) is 0 Å². The van der Waals surface area contributed by atoms with Crippen molar-refractivity contribution in [2.45, 2.75) is 64.6 Å². The van der Waals surface area contributed by atoms with Gasteiger partial charge in [0, 0.05) is 18.2 Å². The van der Waals surface area contributed by atoms with Gasteiger partial charge >= 0.3 is 0 Å². The lowest BCUT2D eigenvalue weighted by atomic mass is 9.85. The Morgan fingerprint density at radius 1 is 1.30 bits per heavy atom. The van der Waals surface area contributed by atoms with Gasteiger partial charge < -0.3 is 9.73 Å². The Balaban J connectivity index is 1.59. The van der Waals surface area contributed by atoms with E-state index in [1.165, 1.54) is 56.4 Å². The summed E-state index contributed by atoms with van der Waals surface area (Å²) in [4.78, 5) is 2.67. The summed E-state index contributed by atoms with van der Waals surface area (Å²) in [6.07, 6.45) is 10.1. The molecular formula is C17H28N2O. The largest absolute Gasteiger partial charge is 0.468 e. The molecule has 1 aliphatic carbocycles. The molecule has 2 heterocycles. The minimum absolute atomic E-state index is 0.824. The molecule has 112 valence electrons. The first kappa shape index (κ1) is 14.2. The average molecular weight is 276 g/mol. The first-order valence-corrected chi connectivity index (χ1v) is 8.38. The molecule has 0 bridgehead atoms. The van der Waals surface area contributed by atoms with E-state index in [-0.39, 0.29) is 0 Å². The summed E-state index contributed by atoms with van der Waals surface area (Å²) >= 11 is 0. The van der Waals surface area contributed by atoms with Crippen LogP contribution in [0, 0.1) is 5.92 Å². The number of nitrogens with one attached hydrogen (secondary N) is 1. The third-order valence-corrected chi connectivity index (χ3v) is 5.05. The monoisotopic (exact) mass is 276 g/mol. The zero-order valence-electron chi connectivity index (χ0n) is 12.7. The zero-order valence-corrected chi connectivity index (χ0v) is 12.7. The Bertz CT molecular complexity index is 415. The second-order valence-electron chi connectivity index (χ2n) is 6.42. The van der Waals surface area contributed by atoms with Crippen LogP contribution < -0.4 is 5.32 Å². The fraction of sp³-hybridized carbons (Fsp3) is 0.765. The van der Waals surface area contributed by atoms with E-state index in [0.29, 0.717) is 0 Å². The number of hydrogen-bond acceptors (Lipinski definition) is 3. The molecule has 1 aliphatic heterocycles. The standard InChI is InChI=1S/C17H28N2O/c1-2-9-18-12-15-8-11-20-17(15)13-19-10-7-14-5-3-4-6-16(14)19/h8,11,14,16,18H,2-7,9-10,12-13H2,1H3. The molecule has 0 aromatic carbocycles. The number of furan rings is 1. The normalized spacial score (nSPS) is 26.9. The predicted octanol–water partition coefficient (Wildman–Crippen LogP) is 3.54. The SMILES string of the molecule is CCCNCc1ccoc1CN1CCC2CCCCC21. The average Bonchev–Trinajstić information content (AvgIpc) is 3.08. The third-order valence-electron chi connectivity index (χ3n) is 5.05. The molecule has 2 fully saturated rings. The molecule has 2 aliphatic rings. The van der Waals surface area contributed by atoms with E-state index >= 15 is 0 Å². The van der Waals surface area contributed by atoms with Crippen LogP contribution in [-0.4, -0.2) is 24.0 Å². The topological polar surface area (TPSA) is 28.4 Å². The molecular weight excluding hydrogens is 248 g/mol. The van der Waals surface area contributed by atoms with E-state index in [2.05, 4.69) is 23.2 Å². The Hall–Kier alpha value is -0.800. The first-order chi connectivity index (χ1) is 9.88. The van der Waals surface area contributed by atoms with Gasteiger partial charge in [-0.1, -0.05) is 19.8 Å². The lowest BCUT2D eigenvalue weighted by Crippen LogP contribution is -2.34. The van der Waals surface area contributed by atoms with Gasteiger partial charge in [0.2, 0.25) is 0 Å². The fourth-order valence-corrected chi connectivity index (χ4v) is 3.95. The molecule has 1 aromatic rings. The summed E-state index contributed by atoms with van der Waals surface area (Å²) in [5.41, 5.74) is 1.35. The van der Waals surface area contributed by atoms with E-state index in [1.807, 2.05) is 6.26 Å². The highest BCUT2D eigenvalue weighted by atomic mass is 16.3. The quantitative estimate of drug-likeness (QED) is 0.806. The fourth-order valence-electron chi connectivity index (χ4n) is 3.95. The Morgan fingerprint density at radius 2 is 2.20 bits per heavy atom. The van der Waals surface area contributed by atoms with Crippen LogP contribution in [0.4, 0.5) is 0 Å². The summed E-state index contributed by atoms with van der Waals surface area (Å²) in [5, 5.41) is 3.48. The number of rotatable bonds is 6. The van der Waals surface area contributed by atoms with E-state index in [1.54, 1.807) is 0 Å². The second-order valence-corrected chi connectivity index (χ2v) is 6.42. The van der Waals surface area contributed by atoms with Crippen LogP contribution in [0.1, 0.15) is 56.8 Å². The van der Waals surface area contributed by atoms with Gasteiger partial charge in [0.15, 0.2) is 0 Å². The van der Waals surface area contributed by atoms with Crippen LogP contribution in [0.25, 0.3) is 0 Å². The van der Waals surface area contributed by atoms with Gasteiger partial charge in [0.25, 0.3) is 0 Å². The van der Waals surface area contributed by atoms with Crippen molar-refractivity contribution in [3.63, 3.8) is 0 Å². The van der Waals surface area contributed by atoms with Crippen molar-refractivity contribution in [1.29, 1.82) is 0 Å². The molecule has 1 aromatic heterocycles. The molecule has 2 atom stereocenters. The van der Waals surface area contributed by atoms with Crippen LogP contribution in [-0.2, 0) is 13.1 Å². The van der Waals surface area contributed by atoms with E-state index in [4.69, 9.17) is 4.42 Å². The summed E-state index contributed by atoms with van der Waals surface area (Å²) in [6.45, 7) is 6.51. The molecule has 1 saturated carbocycles. The van der Waals surface area contributed by atoms with Gasteiger partial charge in [-0.2, -0.15) is 0 Å². The van der Waals surface area contributed by atoms with E-state index < -0.39 is 0 Å². The smallest absolute Gasteiger partial charge is 0.122 e. The van der Waals surface area contributed by atoms with Crippen molar-refractivity contribution >= 4 is 0 Å². The summed E-state index contributed by atoms with van der Waals surface area (Å²) in [5.74, 6) is 2.14. The highest BCUT2D eigenvalue weighted by Crippen LogP contribution is 2.37. The molecule has 2 unspecified atom stereocenters. The Morgan fingerprint density at radius 3 is 3.10 bits per heavy atom. The van der Waals surface area contributed by atoms with Crippen molar-refractivity contribution in [3.8, 4) is 0 Å². The molecule has 3 rings (SSSR count). The van der Waals surface area contributed by atoms with Crippen molar-refractivity contribution in [3.05, 3.63) is 23.7 Å². The maximum absolute atomic E-state index is 5.76. The third kappa shape index (κ3) is 3.09. The van der Waals surface area contributed by atoms with Gasteiger partial charge in [-0.25, -0.2) is 0 Å². The molecule has 3 heteroatoms. The molecule has 0 amide bonds. The molecule has 0 spiro atoms. The Kier molecular flexibility index (Phi) is 4.79. The molecule has 20 heavy (non-hydrogen) atoms. The van der Waals surface area contributed by atoms with Gasteiger partial charge in [-0.05, 0) is 50.8 Å². The predicted molar refractivity (Wildman–Crippen MR) is 81.5 cm³/mol. The summed E-state index contributed by atoms with van der Waals surface area (Å²) < 4.78 is 5.76. The summed E-state index contributed by atoms with van der Waals surface area (Å²) in [7, 11) is 0. The number of nitrogens with zero attached hydrogens (tertiary/aromatic N) is 1. The van der Waals surface area contributed by atoms with Crippen molar-refractivity contribution in [2.75, 3.05) is 13.1 Å². The van der Waals surface area contributed by atoms with Crippen LogP contribution >= 0.6 is 0 Å². The molecule has 3 nitrogen and oxygen atoms in total. The van der Waals surface area contributed by atoms with Gasteiger partial charge in [0.1, 0.15) is 5.76 Å². The maximum Gasteiger partial charge on any atom is 0.122 e. The van der Waals surface area contributed by atoms with Gasteiger partial charge in [-0.15, -0.1) is 0 Å². The first-order valence-electron chi connectivity index (χ1n) is 8.38. The van der Waals surface area contributed by atoms with E-state index in [9.17, 15) is 0 Å².